The number of hydrogen-bond donors (Lipinski definition) is 1. The lowest BCUT2D eigenvalue weighted by Crippen LogP contribution is -2.43. The highest BCUT2D eigenvalue weighted by Gasteiger charge is 2.33. The molecule has 18 heavy (non-hydrogen) atoms. The molecule has 4 heteroatoms. The quantitative estimate of drug-likeness (QED) is 0.737. The Morgan fingerprint density at radius 3 is 2.67 bits per heavy atom. The summed E-state index contributed by atoms with van der Waals surface area (Å²) >= 11 is 0. The Balaban J connectivity index is 1.75. The molecule has 1 heterocycles. The van der Waals surface area contributed by atoms with Gasteiger partial charge in [0.05, 0.1) is 6.04 Å². The lowest BCUT2D eigenvalue weighted by molar-refractivity contribution is -0.129. The first-order valence-corrected chi connectivity index (χ1v) is 7.40. The smallest absolute Gasteiger partial charge is 0.239 e. The Hall–Kier alpha value is -0.610. The molecule has 0 radical (unpaired) electrons. The Morgan fingerprint density at radius 1 is 1.39 bits per heavy atom. The van der Waals surface area contributed by atoms with Crippen molar-refractivity contribution in [3.05, 3.63) is 0 Å². The fourth-order valence-corrected chi connectivity index (χ4v) is 2.81. The third-order valence-corrected chi connectivity index (χ3v) is 3.96. The molecular weight excluding hydrogens is 226 g/mol. The summed E-state index contributed by atoms with van der Waals surface area (Å²) in [6.07, 6.45) is 3.66. The highest BCUT2D eigenvalue weighted by atomic mass is 16.2. The molecule has 1 aliphatic heterocycles. The van der Waals surface area contributed by atoms with Gasteiger partial charge >= 0.3 is 0 Å². The first-order chi connectivity index (χ1) is 8.61. The molecule has 1 unspecified atom stereocenters. The van der Waals surface area contributed by atoms with E-state index in [4.69, 9.17) is 0 Å². The van der Waals surface area contributed by atoms with Crippen molar-refractivity contribution in [1.82, 2.24) is 15.1 Å². The molecule has 2 fully saturated rings. The molecule has 1 aliphatic carbocycles. The van der Waals surface area contributed by atoms with E-state index in [0.717, 1.165) is 38.6 Å². The number of likely N-dealkylation sites (N-methyl/N-ethyl adjacent to an activating group) is 1. The van der Waals surface area contributed by atoms with Gasteiger partial charge in [-0.1, -0.05) is 20.8 Å². The van der Waals surface area contributed by atoms with Gasteiger partial charge in [0.1, 0.15) is 0 Å². The van der Waals surface area contributed by atoms with Gasteiger partial charge < -0.3 is 10.2 Å². The van der Waals surface area contributed by atoms with Crippen LogP contribution in [0.5, 0.6) is 0 Å². The van der Waals surface area contributed by atoms with Crippen LogP contribution in [0, 0.1) is 0 Å². The number of nitrogens with one attached hydrogen (secondary N) is 1. The summed E-state index contributed by atoms with van der Waals surface area (Å²) in [6.45, 7) is 10.4. The van der Waals surface area contributed by atoms with Crippen LogP contribution < -0.4 is 5.32 Å². The minimum atomic E-state index is 0.0565. The Labute approximate surface area is 111 Å². The predicted octanol–water partition coefficient (Wildman–Crippen LogP) is 1.07. The average Bonchev–Trinajstić information content (AvgIpc) is 3.10. The summed E-state index contributed by atoms with van der Waals surface area (Å²) in [5.74, 6) is 0.301. The number of carbonyl (C=O) groups is 1. The van der Waals surface area contributed by atoms with Gasteiger partial charge in [0, 0.05) is 31.7 Å². The first-order valence-electron chi connectivity index (χ1n) is 7.40. The van der Waals surface area contributed by atoms with Crippen molar-refractivity contribution in [1.29, 1.82) is 0 Å². The summed E-state index contributed by atoms with van der Waals surface area (Å²) in [5, 5.41) is 3.35. The number of amides is 1. The third kappa shape index (κ3) is 3.45. The van der Waals surface area contributed by atoms with E-state index in [9.17, 15) is 4.79 Å². The second kappa shape index (κ2) is 6.02. The van der Waals surface area contributed by atoms with Gasteiger partial charge in [0.25, 0.3) is 0 Å². The van der Waals surface area contributed by atoms with Gasteiger partial charge in [-0.05, 0) is 25.8 Å². The molecule has 0 bridgehead atoms. The molecule has 0 aromatic rings. The van der Waals surface area contributed by atoms with E-state index in [2.05, 4.69) is 31.0 Å². The van der Waals surface area contributed by atoms with Crippen LogP contribution in [-0.4, -0.2) is 60.0 Å². The van der Waals surface area contributed by atoms with Gasteiger partial charge in [-0.3, -0.25) is 9.69 Å². The summed E-state index contributed by atoms with van der Waals surface area (Å²) in [7, 11) is 0. The maximum absolute atomic E-state index is 12.2. The van der Waals surface area contributed by atoms with Crippen molar-refractivity contribution < 1.29 is 4.79 Å². The second-order valence-electron chi connectivity index (χ2n) is 5.85. The van der Waals surface area contributed by atoms with E-state index in [-0.39, 0.29) is 6.04 Å². The third-order valence-electron chi connectivity index (χ3n) is 3.96. The van der Waals surface area contributed by atoms with Crippen LogP contribution in [0.25, 0.3) is 0 Å². The molecule has 1 saturated heterocycles. The van der Waals surface area contributed by atoms with Gasteiger partial charge in [-0.2, -0.15) is 0 Å². The van der Waals surface area contributed by atoms with Crippen molar-refractivity contribution >= 4 is 5.91 Å². The Kier molecular flexibility index (Phi) is 4.62. The molecule has 1 N–H and O–H groups in total. The second-order valence-corrected chi connectivity index (χ2v) is 5.85. The molecule has 2 rings (SSSR count). The van der Waals surface area contributed by atoms with Gasteiger partial charge in [-0.25, -0.2) is 0 Å². The van der Waals surface area contributed by atoms with Gasteiger partial charge in [0.2, 0.25) is 5.91 Å². The van der Waals surface area contributed by atoms with Crippen LogP contribution in [0.4, 0.5) is 0 Å². The fraction of sp³-hybridized carbons (Fsp3) is 0.929. The fourth-order valence-electron chi connectivity index (χ4n) is 2.81. The minimum absolute atomic E-state index is 0.0565. The number of rotatable bonds is 7. The minimum Gasteiger partial charge on any atom is -0.340 e. The molecule has 0 aromatic carbocycles. The molecule has 0 aromatic heterocycles. The molecule has 1 amide bonds. The average molecular weight is 253 g/mol. The maximum atomic E-state index is 12.2. The molecule has 1 saturated carbocycles. The van der Waals surface area contributed by atoms with Crippen LogP contribution >= 0.6 is 0 Å². The summed E-state index contributed by atoms with van der Waals surface area (Å²) in [4.78, 5) is 16.7. The lowest BCUT2D eigenvalue weighted by Gasteiger charge is -2.24. The zero-order valence-corrected chi connectivity index (χ0v) is 12.0. The predicted molar refractivity (Wildman–Crippen MR) is 73.5 cm³/mol. The van der Waals surface area contributed by atoms with E-state index in [1.807, 2.05) is 4.90 Å². The van der Waals surface area contributed by atoms with E-state index in [1.54, 1.807) is 0 Å². The summed E-state index contributed by atoms with van der Waals surface area (Å²) in [6, 6.07) is 1.25. The topological polar surface area (TPSA) is 35.6 Å². The van der Waals surface area contributed by atoms with E-state index >= 15 is 0 Å². The van der Waals surface area contributed by atoms with Crippen molar-refractivity contribution in [2.75, 3.05) is 26.2 Å². The van der Waals surface area contributed by atoms with Crippen molar-refractivity contribution in [3.63, 3.8) is 0 Å². The summed E-state index contributed by atoms with van der Waals surface area (Å²) in [5.41, 5.74) is 0. The van der Waals surface area contributed by atoms with Gasteiger partial charge in [0.15, 0.2) is 0 Å². The molecular formula is C14H27N3O. The van der Waals surface area contributed by atoms with Crippen LogP contribution in [0.15, 0.2) is 0 Å². The maximum Gasteiger partial charge on any atom is 0.239 e. The van der Waals surface area contributed by atoms with E-state index in [0.29, 0.717) is 11.9 Å². The monoisotopic (exact) mass is 253 g/mol. The summed E-state index contributed by atoms with van der Waals surface area (Å²) < 4.78 is 0. The SMILES string of the molecule is CCN(CCN1CCC(NC(C)C)C1=O)C1CC1. The normalized spacial score (nSPS) is 24.6. The van der Waals surface area contributed by atoms with E-state index in [1.165, 1.54) is 12.8 Å². The van der Waals surface area contributed by atoms with E-state index < -0.39 is 0 Å². The molecule has 104 valence electrons. The van der Waals surface area contributed by atoms with Crippen LogP contribution in [0.3, 0.4) is 0 Å². The Bertz CT molecular complexity index is 289. The molecule has 1 atom stereocenters. The van der Waals surface area contributed by atoms with Crippen molar-refractivity contribution in [3.8, 4) is 0 Å². The highest BCUT2D eigenvalue weighted by molar-refractivity contribution is 5.84. The zero-order chi connectivity index (χ0) is 13.1. The van der Waals surface area contributed by atoms with Crippen LogP contribution in [0.2, 0.25) is 0 Å². The van der Waals surface area contributed by atoms with Crippen LogP contribution in [0.1, 0.15) is 40.0 Å². The highest BCUT2D eigenvalue weighted by Crippen LogP contribution is 2.26. The zero-order valence-electron chi connectivity index (χ0n) is 12.0. The van der Waals surface area contributed by atoms with Crippen molar-refractivity contribution in [2.45, 2.75) is 58.2 Å². The molecule has 4 nitrogen and oxygen atoms in total. The van der Waals surface area contributed by atoms with Crippen LogP contribution in [-0.2, 0) is 4.79 Å². The first kappa shape index (κ1) is 13.8. The number of carbonyl (C=O) groups excluding carboxylic acids is 1. The molecule has 0 spiro atoms. The molecule has 2 aliphatic rings. The van der Waals surface area contributed by atoms with Gasteiger partial charge in [-0.15, -0.1) is 0 Å². The number of hydrogen-bond acceptors (Lipinski definition) is 3. The number of nitrogens with zero attached hydrogens (tertiary/aromatic N) is 2. The number of likely N-dealkylation sites (tertiary alicyclic amines) is 1. The standard InChI is InChI=1S/C14H27N3O/c1-4-16(12-5-6-12)9-10-17-8-7-13(14(17)18)15-11(2)3/h11-13,15H,4-10H2,1-3H3. The van der Waals surface area contributed by atoms with Crippen molar-refractivity contribution in [2.24, 2.45) is 0 Å². The largest absolute Gasteiger partial charge is 0.340 e. The Morgan fingerprint density at radius 2 is 2.11 bits per heavy atom. The lowest BCUT2D eigenvalue weighted by atomic mass is 10.2.